The number of fused-ring (bicyclic) bond motifs is 1. The van der Waals surface area contributed by atoms with Gasteiger partial charge in [-0.05, 0) is 25.7 Å². The van der Waals surface area contributed by atoms with Crippen molar-refractivity contribution in [3.63, 3.8) is 0 Å². The van der Waals surface area contributed by atoms with Crippen molar-refractivity contribution in [1.29, 1.82) is 0 Å². The summed E-state index contributed by atoms with van der Waals surface area (Å²) in [6, 6.07) is -0.0297. The van der Waals surface area contributed by atoms with Crippen LogP contribution in [0.3, 0.4) is 0 Å². The third-order valence-electron chi connectivity index (χ3n) is 4.15. The van der Waals surface area contributed by atoms with E-state index in [0.717, 1.165) is 38.8 Å². The molecule has 0 radical (unpaired) electrons. The Balaban J connectivity index is 1.63. The molecule has 3 unspecified atom stereocenters. The van der Waals surface area contributed by atoms with Gasteiger partial charge in [0.2, 0.25) is 0 Å². The fourth-order valence-corrected chi connectivity index (χ4v) is 3.17. The van der Waals surface area contributed by atoms with Crippen LogP contribution < -0.4 is 0 Å². The van der Waals surface area contributed by atoms with Gasteiger partial charge < -0.3 is 14.2 Å². The van der Waals surface area contributed by atoms with Crippen molar-refractivity contribution in [3.8, 4) is 0 Å². The molecule has 108 valence electrons. The number of hydroxylamine groups is 2. The molecular weight excluding hydrogens is 250 g/mol. The first-order chi connectivity index (χ1) is 9.29. The molecule has 3 fully saturated rings. The van der Waals surface area contributed by atoms with Crippen LogP contribution in [0.5, 0.6) is 0 Å². The number of methoxy groups -OCH3 is 1. The summed E-state index contributed by atoms with van der Waals surface area (Å²) in [6.45, 7) is 1.96. The van der Waals surface area contributed by atoms with Crippen LogP contribution >= 0.6 is 0 Å². The second-order valence-electron chi connectivity index (χ2n) is 5.32. The minimum absolute atomic E-state index is 0.00491. The molecule has 0 aromatic carbocycles. The molecule has 0 bridgehead atoms. The van der Waals surface area contributed by atoms with Crippen molar-refractivity contribution < 1.29 is 23.8 Å². The molecular formula is C13H21NO5. The maximum Gasteiger partial charge on any atom is 0.312 e. The van der Waals surface area contributed by atoms with Gasteiger partial charge in [0.05, 0.1) is 25.9 Å². The zero-order valence-corrected chi connectivity index (χ0v) is 11.2. The zero-order chi connectivity index (χ0) is 13.2. The van der Waals surface area contributed by atoms with Crippen molar-refractivity contribution in [3.05, 3.63) is 0 Å². The largest absolute Gasteiger partial charge is 0.469 e. The molecule has 19 heavy (non-hydrogen) atoms. The summed E-state index contributed by atoms with van der Waals surface area (Å²) < 4.78 is 16.5. The van der Waals surface area contributed by atoms with Crippen LogP contribution in [-0.2, 0) is 23.8 Å². The summed E-state index contributed by atoms with van der Waals surface area (Å²) >= 11 is 0. The van der Waals surface area contributed by atoms with E-state index in [1.54, 1.807) is 0 Å². The Bertz CT molecular complexity index is 331. The minimum Gasteiger partial charge on any atom is -0.469 e. The molecule has 6 heteroatoms. The maximum absolute atomic E-state index is 11.8. The Morgan fingerprint density at radius 3 is 2.95 bits per heavy atom. The normalized spacial score (nSPS) is 39.2. The van der Waals surface area contributed by atoms with E-state index in [4.69, 9.17) is 19.0 Å². The molecule has 3 heterocycles. The van der Waals surface area contributed by atoms with Crippen molar-refractivity contribution >= 4 is 5.97 Å². The highest BCUT2D eigenvalue weighted by molar-refractivity contribution is 5.73. The SMILES string of the molecule is COC(=O)C1CON2CC[C@H](OC3CCCCO3)C12. The second kappa shape index (κ2) is 5.75. The summed E-state index contributed by atoms with van der Waals surface area (Å²) in [6.07, 6.45) is 3.93. The highest BCUT2D eigenvalue weighted by atomic mass is 16.7. The average molecular weight is 271 g/mol. The molecule has 4 atom stereocenters. The first-order valence-electron chi connectivity index (χ1n) is 7.04. The van der Waals surface area contributed by atoms with Crippen molar-refractivity contribution in [2.24, 2.45) is 5.92 Å². The first-order valence-corrected chi connectivity index (χ1v) is 7.04. The number of carbonyl (C=O) groups excluding carboxylic acids is 1. The zero-order valence-electron chi connectivity index (χ0n) is 11.2. The molecule has 0 aliphatic carbocycles. The lowest BCUT2D eigenvalue weighted by Gasteiger charge is -2.29. The van der Waals surface area contributed by atoms with Crippen LogP contribution in [0, 0.1) is 5.92 Å². The summed E-state index contributed by atoms with van der Waals surface area (Å²) in [7, 11) is 1.42. The predicted octanol–water partition coefficient (Wildman–Crippen LogP) is 0.707. The lowest BCUT2D eigenvalue weighted by atomic mass is 9.98. The fraction of sp³-hybridized carbons (Fsp3) is 0.923. The number of hydrogen-bond acceptors (Lipinski definition) is 6. The van der Waals surface area contributed by atoms with E-state index in [1.165, 1.54) is 7.11 Å². The van der Waals surface area contributed by atoms with Gasteiger partial charge >= 0.3 is 5.97 Å². The smallest absolute Gasteiger partial charge is 0.312 e. The topological polar surface area (TPSA) is 57.2 Å². The summed E-state index contributed by atoms with van der Waals surface area (Å²) in [4.78, 5) is 17.3. The standard InChI is InChI=1S/C13H21NO5/c1-16-13(15)9-8-18-14-6-5-10(12(9)14)19-11-4-2-3-7-17-11/h9-12H,2-8H2,1H3/t9?,10-,11?,12?/m0/s1. The number of esters is 1. The van der Waals surface area contributed by atoms with Gasteiger partial charge in [-0.1, -0.05) is 0 Å². The van der Waals surface area contributed by atoms with Gasteiger partial charge in [0.1, 0.15) is 5.92 Å². The van der Waals surface area contributed by atoms with Crippen LogP contribution in [0.4, 0.5) is 0 Å². The number of rotatable bonds is 3. The summed E-state index contributed by atoms with van der Waals surface area (Å²) in [5.41, 5.74) is 0. The third kappa shape index (κ3) is 2.63. The minimum atomic E-state index is -0.249. The van der Waals surface area contributed by atoms with Crippen LogP contribution in [-0.4, -0.2) is 56.3 Å². The highest BCUT2D eigenvalue weighted by Crippen LogP contribution is 2.34. The Hall–Kier alpha value is -0.690. The lowest BCUT2D eigenvalue weighted by molar-refractivity contribution is -0.200. The molecule has 3 aliphatic rings. The molecule has 0 spiro atoms. The molecule has 3 aliphatic heterocycles. The number of nitrogens with zero attached hydrogens (tertiary/aromatic N) is 1. The Morgan fingerprint density at radius 2 is 2.21 bits per heavy atom. The van der Waals surface area contributed by atoms with Crippen molar-refractivity contribution in [2.75, 3.05) is 26.9 Å². The maximum atomic E-state index is 11.8. The van der Waals surface area contributed by atoms with E-state index < -0.39 is 0 Å². The van der Waals surface area contributed by atoms with E-state index in [1.807, 2.05) is 5.06 Å². The first kappa shape index (κ1) is 13.3. The van der Waals surface area contributed by atoms with E-state index >= 15 is 0 Å². The second-order valence-corrected chi connectivity index (χ2v) is 5.32. The van der Waals surface area contributed by atoms with Crippen molar-refractivity contribution in [2.45, 2.75) is 44.1 Å². The number of carbonyl (C=O) groups is 1. The Labute approximate surface area is 112 Å². The average Bonchev–Trinajstić information content (AvgIpc) is 3.02. The predicted molar refractivity (Wildman–Crippen MR) is 65.0 cm³/mol. The molecule has 0 amide bonds. The molecule has 0 N–H and O–H groups in total. The lowest BCUT2D eigenvalue weighted by Crippen LogP contribution is -2.41. The number of hydrogen-bond donors (Lipinski definition) is 0. The molecule has 6 nitrogen and oxygen atoms in total. The van der Waals surface area contributed by atoms with E-state index in [-0.39, 0.29) is 30.3 Å². The van der Waals surface area contributed by atoms with Gasteiger partial charge in [-0.25, -0.2) is 0 Å². The Morgan fingerprint density at radius 1 is 1.32 bits per heavy atom. The monoisotopic (exact) mass is 271 g/mol. The van der Waals surface area contributed by atoms with Crippen LogP contribution in [0.15, 0.2) is 0 Å². The fourth-order valence-electron chi connectivity index (χ4n) is 3.17. The number of ether oxygens (including phenoxy) is 3. The van der Waals surface area contributed by atoms with Crippen LogP contribution in [0.2, 0.25) is 0 Å². The summed E-state index contributed by atoms with van der Waals surface area (Å²) in [5.74, 6) is -0.464. The highest BCUT2D eigenvalue weighted by Gasteiger charge is 2.50. The molecule has 0 aromatic rings. The van der Waals surface area contributed by atoms with Gasteiger partial charge in [-0.2, -0.15) is 5.06 Å². The quantitative estimate of drug-likeness (QED) is 0.705. The molecule has 0 saturated carbocycles. The third-order valence-corrected chi connectivity index (χ3v) is 4.15. The molecule has 0 aromatic heterocycles. The van der Waals surface area contributed by atoms with Gasteiger partial charge in [-0.3, -0.25) is 9.63 Å². The van der Waals surface area contributed by atoms with Gasteiger partial charge in [0, 0.05) is 13.2 Å². The van der Waals surface area contributed by atoms with Crippen LogP contribution in [0.1, 0.15) is 25.7 Å². The van der Waals surface area contributed by atoms with Gasteiger partial charge in [0.15, 0.2) is 6.29 Å². The molecule has 3 saturated heterocycles. The van der Waals surface area contributed by atoms with Gasteiger partial charge in [0.25, 0.3) is 0 Å². The Kier molecular flexibility index (Phi) is 4.02. The molecule has 3 rings (SSSR count). The van der Waals surface area contributed by atoms with Gasteiger partial charge in [-0.15, -0.1) is 0 Å². The summed E-state index contributed by atoms with van der Waals surface area (Å²) in [5, 5.41) is 1.87. The van der Waals surface area contributed by atoms with E-state index in [0.29, 0.717) is 6.61 Å². The van der Waals surface area contributed by atoms with E-state index in [2.05, 4.69) is 0 Å². The van der Waals surface area contributed by atoms with Crippen molar-refractivity contribution in [1.82, 2.24) is 5.06 Å². The van der Waals surface area contributed by atoms with Crippen LogP contribution in [0.25, 0.3) is 0 Å². The van der Waals surface area contributed by atoms with E-state index in [9.17, 15) is 4.79 Å².